The van der Waals surface area contributed by atoms with Gasteiger partial charge in [-0.25, -0.2) is 4.79 Å². The first-order valence-corrected chi connectivity index (χ1v) is 9.09. The number of likely N-dealkylation sites (tertiary alicyclic amines) is 1. The van der Waals surface area contributed by atoms with Crippen LogP contribution in [0.3, 0.4) is 0 Å². The van der Waals surface area contributed by atoms with Crippen LogP contribution in [0.1, 0.15) is 24.8 Å². The van der Waals surface area contributed by atoms with Crippen molar-refractivity contribution in [3.05, 3.63) is 27.7 Å². The summed E-state index contributed by atoms with van der Waals surface area (Å²) in [5.41, 5.74) is 1.30. The molecule has 1 fully saturated rings. The van der Waals surface area contributed by atoms with Crippen LogP contribution >= 0.6 is 23.2 Å². The van der Waals surface area contributed by atoms with E-state index in [-0.39, 0.29) is 12.6 Å². The molecule has 1 saturated heterocycles. The van der Waals surface area contributed by atoms with Gasteiger partial charge in [-0.05, 0) is 62.9 Å². The van der Waals surface area contributed by atoms with Gasteiger partial charge < -0.3 is 20.6 Å². The van der Waals surface area contributed by atoms with Crippen LogP contribution in [-0.2, 0) is 0 Å². The van der Waals surface area contributed by atoms with E-state index in [0.717, 1.165) is 44.5 Å². The lowest BCUT2D eigenvalue weighted by Gasteiger charge is -2.31. The fraction of sp³-hybridized carbons (Fsp3) is 0.588. The number of nitrogens with one attached hydrogen (secondary N) is 2. The summed E-state index contributed by atoms with van der Waals surface area (Å²) in [6, 6.07) is 3.14. The highest BCUT2D eigenvalue weighted by Gasteiger charge is 2.18. The van der Waals surface area contributed by atoms with E-state index >= 15 is 0 Å². The van der Waals surface area contributed by atoms with Crippen molar-refractivity contribution in [2.45, 2.75) is 26.2 Å². The molecule has 1 aromatic carbocycles. The first-order chi connectivity index (χ1) is 11.5. The molecular formula is C17H25Cl2N3O2. The van der Waals surface area contributed by atoms with E-state index in [1.807, 2.05) is 6.92 Å². The molecule has 7 heteroatoms. The van der Waals surface area contributed by atoms with Crippen LogP contribution in [0.25, 0.3) is 0 Å². The lowest BCUT2D eigenvalue weighted by molar-refractivity contribution is 0.120. The molecule has 0 radical (unpaired) electrons. The third-order valence-corrected chi connectivity index (χ3v) is 5.26. The van der Waals surface area contributed by atoms with Crippen molar-refractivity contribution < 1.29 is 9.90 Å². The molecule has 1 aliphatic rings. The van der Waals surface area contributed by atoms with Crippen LogP contribution in [0.4, 0.5) is 10.5 Å². The van der Waals surface area contributed by atoms with Crippen molar-refractivity contribution in [2.24, 2.45) is 5.92 Å². The largest absolute Gasteiger partial charge is 0.396 e. The molecule has 1 aliphatic heterocycles. The number of hydrogen-bond acceptors (Lipinski definition) is 3. The molecule has 0 bridgehead atoms. The second kappa shape index (κ2) is 9.47. The third kappa shape index (κ3) is 5.52. The Balaban J connectivity index is 1.69. The van der Waals surface area contributed by atoms with Gasteiger partial charge in [0.2, 0.25) is 0 Å². The maximum Gasteiger partial charge on any atom is 0.319 e. The minimum absolute atomic E-state index is 0.262. The highest BCUT2D eigenvalue weighted by atomic mass is 35.5. The highest BCUT2D eigenvalue weighted by molar-refractivity contribution is 6.38. The van der Waals surface area contributed by atoms with Gasteiger partial charge in [-0.2, -0.15) is 0 Å². The Bertz CT molecular complexity index is 569. The first kappa shape index (κ1) is 19.3. The van der Waals surface area contributed by atoms with Gasteiger partial charge in [0.15, 0.2) is 0 Å². The topological polar surface area (TPSA) is 64.6 Å². The van der Waals surface area contributed by atoms with Crippen molar-refractivity contribution in [3.8, 4) is 0 Å². The molecule has 0 spiro atoms. The van der Waals surface area contributed by atoms with Crippen LogP contribution in [0.2, 0.25) is 10.0 Å². The number of halogens is 2. The Kier molecular flexibility index (Phi) is 7.62. The average molecular weight is 374 g/mol. The Hall–Kier alpha value is -1.01. The Morgan fingerprint density at radius 3 is 2.96 bits per heavy atom. The van der Waals surface area contributed by atoms with Crippen LogP contribution in [0.15, 0.2) is 12.1 Å². The van der Waals surface area contributed by atoms with Gasteiger partial charge in [0.05, 0.1) is 10.7 Å². The van der Waals surface area contributed by atoms with Crippen molar-refractivity contribution in [1.29, 1.82) is 0 Å². The van der Waals surface area contributed by atoms with Gasteiger partial charge in [-0.1, -0.05) is 23.2 Å². The predicted octanol–water partition coefficient (Wildman–Crippen LogP) is 3.52. The molecule has 1 atom stereocenters. The lowest BCUT2D eigenvalue weighted by atomic mass is 9.99. The van der Waals surface area contributed by atoms with Crippen LogP contribution in [-0.4, -0.2) is 48.8 Å². The highest BCUT2D eigenvalue weighted by Crippen LogP contribution is 2.30. The maximum atomic E-state index is 11.9. The molecule has 3 N–H and O–H groups in total. The van der Waals surface area contributed by atoms with Crippen LogP contribution in [0.5, 0.6) is 0 Å². The summed E-state index contributed by atoms with van der Waals surface area (Å²) in [5, 5.41) is 15.9. The zero-order chi connectivity index (χ0) is 17.5. The average Bonchev–Trinajstić information content (AvgIpc) is 2.59. The van der Waals surface area contributed by atoms with E-state index in [0.29, 0.717) is 28.2 Å². The molecule has 24 heavy (non-hydrogen) atoms. The predicted molar refractivity (Wildman–Crippen MR) is 99.1 cm³/mol. The van der Waals surface area contributed by atoms with Gasteiger partial charge in [-0.15, -0.1) is 0 Å². The van der Waals surface area contributed by atoms with Crippen LogP contribution < -0.4 is 10.6 Å². The van der Waals surface area contributed by atoms with E-state index in [1.54, 1.807) is 12.1 Å². The van der Waals surface area contributed by atoms with E-state index in [2.05, 4.69) is 15.5 Å². The van der Waals surface area contributed by atoms with E-state index in [9.17, 15) is 9.90 Å². The van der Waals surface area contributed by atoms with Gasteiger partial charge in [-0.3, -0.25) is 0 Å². The van der Waals surface area contributed by atoms with Gasteiger partial charge in [0, 0.05) is 24.7 Å². The van der Waals surface area contributed by atoms with Crippen molar-refractivity contribution >= 4 is 34.9 Å². The number of amides is 2. The molecule has 5 nitrogen and oxygen atoms in total. The molecule has 2 rings (SSSR count). The van der Waals surface area contributed by atoms with E-state index in [4.69, 9.17) is 23.2 Å². The van der Waals surface area contributed by atoms with Crippen molar-refractivity contribution in [3.63, 3.8) is 0 Å². The zero-order valence-electron chi connectivity index (χ0n) is 13.9. The van der Waals surface area contributed by atoms with Crippen LogP contribution in [0, 0.1) is 12.8 Å². The molecule has 134 valence electrons. The molecule has 1 aromatic rings. The molecule has 1 heterocycles. The number of carbonyl (C=O) groups is 1. The molecule has 2 amide bonds. The second-order valence-corrected chi connectivity index (χ2v) is 7.04. The Morgan fingerprint density at radius 1 is 1.42 bits per heavy atom. The quantitative estimate of drug-likeness (QED) is 0.668. The van der Waals surface area contributed by atoms with Gasteiger partial charge >= 0.3 is 6.03 Å². The smallest absolute Gasteiger partial charge is 0.319 e. The fourth-order valence-corrected chi connectivity index (χ4v) is 3.35. The number of hydrogen-bond donors (Lipinski definition) is 3. The van der Waals surface area contributed by atoms with E-state index < -0.39 is 0 Å². The molecule has 0 aliphatic carbocycles. The molecular weight excluding hydrogens is 349 g/mol. The standard InChI is InChI=1S/C17H25Cl2N3O2/c1-12-14(18)5-6-15(16(12)19)21-17(24)20-7-3-9-22-8-2-4-13(10-22)11-23/h5-6,13,23H,2-4,7-11H2,1H3,(H2,20,21,24)/t13-/m0/s1. The number of aliphatic hydroxyl groups is 1. The summed E-state index contributed by atoms with van der Waals surface area (Å²) in [4.78, 5) is 14.3. The first-order valence-electron chi connectivity index (χ1n) is 8.34. The number of benzene rings is 1. The number of anilines is 1. The minimum Gasteiger partial charge on any atom is -0.396 e. The monoisotopic (exact) mass is 373 g/mol. The fourth-order valence-electron chi connectivity index (χ4n) is 2.93. The van der Waals surface area contributed by atoms with Crippen molar-refractivity contribution in [2.75, 3.05) is 38.1 Å². The summed E-state index contributed by atoms with van der Waals surface area (Å²) >= 11 is 12.2. The maximum absolute atomic E-state index is 11.9. The number of carbonyl (C=O) groups excluding carboxylic acids is 1. The SMILES string of the molecule is Cc1c(Cl)ccc(NC(=O)NCCCN2CCC[C@H](CO)C2)c1Cl. The van der Waals surface area contributed by atoms with Gasteiger partial charge in [0.25, 0.3) is 0 Å². The lowest BCUT2D eigenvalue weighted by Crippen LogP contribution is -2.38. The molecule has 0 saturated carbocycles. The molecule has 0 aromatic heterocycles. The normalized spacial score (nSPS) is 18.4. The summed E-state index contributed by atoms with van der Waals surface area (Å²) < 4.78 is 0. The number of piperidine rings is 1. The number of aliphatic hydroxyl groups excluding tert-OH is 1. The van der Waals surface area contributed by atoms with Gasteiger partial charge in [0.1, 0.15) is 0 Å². The van der Waals surface area contributed by atoms with E-state index in [1.165, 1.54) is 0 Å². The Morgan fingerprint density at radius 2 is 2.21 bits per heavy atom. The minimum atomic E-state index is -0.273. The third-order valence-electron chi connectivity index (χ3n) is 4.37. The summed E-state index contributed by atoms with van der Waals surface area (Å²) in [5.74, 6) is 0.394. The summed E-state index contributed by atoms with van der Waals surface area (Å²) in [7, 11) is 0. The Labute approximate surface area is 153 Å². The molecule has 0 unspecified atom stereocenters. The summed E-state index contributed by atoms with van der Waals surface area (Å²) in [6.45, 7) is 5.61. The number of urea groups is 1. The zero-order valence-corrected chi connectivity index (χ0v) is 15.5. The number of rotatable bonds is 6. The number of nitrogens with zero attached hydrogens (tertiary/aromatic N) is 1. The van der Waals surface area contributed by atoms with Crippen molar-refractivity contribution in [1.82, 2.24) is 10.2 Å². The summed E-state index contributed by atoms with van der Waals surface area (Å²) in [6.07, 6.45) is 3.11. The second-order valence-electron chi connectivity index (χ2n) is 6.26.